The van der Waals surface area contributed by atoms with Crippen molar-refractivity contribution in [2.75, 3.05) is 0 Å². The fourth-order valence-electron chi connectivity index (χ4n) is 6.17. The maximum atomic E-state index is 6.53. The van der Waals surface area contributed by atoms with Gasteiger partial charge in [-0.05, 0) is 0 Å². The van der Waals surface area contributed by atoms with Gasteiger partial charge in [0.2, 0.25) is 0 Å². The van der Waals surface area contributed by atoms with E-state index in [0.717, 1.165) is 11.0 Å². The molecule has 2 saturated heterocycles. The van der Waals surface area contributed by atoms with Crippen molar-refractivity contribution < 1.29 is 18.8 Å². The van der Waals surface area contributed by atoms with Gasteiger partial charge < -0.3 is 0 Å². The Morgan fingerprint density at radius 3 is 1.44 bits per heavy atom. The van der Waals surface area contributed by atoms with Crippen molar-refractivity contribution in [3.8, 4) is 0 Å². The molecule has 0 aromatic heterocycles. The van der Waals surface area contributed by atoms with Gasteiger partial charge in [-0.2, -0.15) is 0 Å². The Morgan fingerprint density at radius 1 is 0.488 bits per heavy atom. The van der Waals surface area contributed by atoms with E-state index in [4.69, 9.17) is 18.8 Å². The van der Waals surface area contributed by atoms with E-state index < -0.39 is 49.1 Å². The molecule has 2 aliphatic heterocycles. The molecule has 4 nitrogen and oxygen atoms in total. The van der Waals surface area contributed by atoms with Crippen LogP contribution in [0.3, 0.4) is 0 Å². The molecule has 0 saturated carbocycles. The maximum absolute atomic E-state index is 6.53. The topological polar surface area (TPSA) is 36.9 Å². The molecular weight excluding hydrogens is 592 g/mol. The van der Waals surface area contributed by atoms with Crippen LogP contribution in [0, 0.1) is 0 Å². The van der Waals surface area contributed by atoms with E-state index in [2.05, 4.69) is 165 Å². The van der Waals surface area contributed by atoms with Crippen LogP contribution in [0.5, 0.6) is 0 Å². The Labute approximate surface area is 260 Å². The van der Waals surface area contributed by atoms with Crippen LogP contribution < -0.4 is 23.0 Å². The molecule has 0 atom stereocenters. The van der Waals surface area contributed by atoms with E-state index in [0.29, 0.717) is 0 Å². The third-order valence-electron chi connectivity index (χ3n) is 10.1. The summed E-state index contributed by atoms with van der Waals surface area (Å²) in [5.41, 5.74) is 0.426. The van der Waals surface area contributed by atoms with Gasteiger partial charge in [0.05, 0.1) is 0 Å². The molecule has 0 bridgehead atoms. The normalized spacial score (nSPS) is 20.8. The summed E-state index contributed by atoms with van der Waals surface area (Å²) in [6, 6.07) is 39.9. The number of benzene rings is 4. The predicted octanol–water partition coefficient (Wildman–Crippen LogP) is 4.97. The Balaban J connectivity index is 1.57. The number of rotatable bonds is 6. The van der Waals surface area contributed by atoms with Crippen molar-refractivity contribution in [1.82, 2.24) is 0 Å². The Hall–Kier alpha value is -2.67. The molecule has 2 aliphatic rings. The van der Waals surface area contributed by atoms with Gasteiger partial charge in [0.1, 0.15) is 0 Å². The summed E-state index contributed by atoms with van der Waals surface area (Å²) in [5, 5.41) is 0. The van der Waals surface area contributed by atoms with E-state index in [-0.39, 0.29) is 0 Å². The molecular formula is C37H43BGeO4. The van der Waals surface area contributed by atoms with Gasteiger partial charge >= 0.3 is 261 Å². The molecule has 4 aromatic carbocycles. The summed E-state index contributed by atoms with van der Waals surface area (Å²) in [5.74, 6) is 0. The van der Waals surface area contributed by atoms with Crippen LogP contribution in [-0.4, -0.2) is 42.8 Å². The zero-order valence-electron chi connectivity index (χ0n) is 26.7. The zero-order valence-corrected chi connectivity index (χ0v) is 28.8. The van der Waals surface area contributed by atoms with Crippen LogP contribution in [0.25, 0.3) is 0 Å². The van der Waals surface area contributed by atoms with Crippen molar-refractivity contribution in [2.24, 2.45) is 0 Å². The van der Waals surface area contributed by atoms with Crippen molar-refractivity contribution in [2.45, 2.75) is 84.1 Å². The molecule has 0 amide bonds. The van der Waals surface area contributed by atoms with Crippen LogP contribution in [0.15, 0.2) is 109 Å². The fraction of sp³-hybridized carbons (Fsp3) is 0.351. The fourth-order valence-corrected chi connectivity index (χ4v) is 16.3. The number of ether oxygens (including phenoxy) is 2. The number of hydrogen-bond acceptors (Lipinski definition) is 4. The standard InChI is InChI=1S/C37H43BGeO4/c1-34(2)35(3,4)41-33(40-34)27-17-15-23-31(25-27)39(29-19-11-9-12-20-29,30-21-13-10-14-22-30)32-24-16-18-28(26-32)38-42-36(5,6)37(7,8)43-38/h9-26,33H,1-8H3. The Kier molecular flexibility index (Phi) is 7.59. The molecule has 4 aromatic rings. The van der Waals surface area contributed by atoms with Crippen LogP contribution in [0.2, 0.25) is 0 Å². The third kappa shape index (κ3) is 5.13. The van der Waals surface area contributed by atoms with Crippen molar-refractivity contribution in [1.29, 1.82) is 0 Å². The van der Waals surface area contributed by atoms with Gasteiger partial charge in [-0.25, -0.2) is 0 Å². The van der Waals surface area contributed by atoms with E-state index in [1.165, 1.54) is 17.6 Å². The van der Waals surface area contributed by atoms with E-state index in [1.54, 1.807) is 0 Å². The van der Waals surface area contributed by atoms with Crippen LogP contribution in [0.1, 0.15) is 67.2 Å². The van der Waals surface area contributed by atoms with Gasteiger partial charge in [-0.3, -0.25) is 0 Å². The minimum absolute atomic E-state index is 0.414. The summed E-state index contributed by atoms with van der Waals surface area (Å²) >= 11 is -3.60. The first kappa shape index (κ1) is 30.4. The summed E-state index contributed by atoms with van der Waals surface area (Å²) in [6.45, 7) is 16.8. The molecule has 222 valence electrons. The van der Waals surface area contributed by atoms with Gasteiger partial charge in [0, 0.05) is 0 Å². The van der Waals surface area contributed by atoms with Gasteiger partial charge in [0.15, 0.2) is 0 Å². The Bertz CT molecular complexity index is 1450. The summed E-state index contributed by atoms with van der Waals surface area (Å²) in [7, 11) is -0.437. The van der Waals surface area contributed by atoms with Crippen LogP contribution in [-0.2, 0) is 18.8 Å². The van der Waals surface area contributed by atoms with Crippen LogP contribution in [0.4, 0.5) is 0 Å². The zero-order chi connectivity index (χ0) is 30.7. The quantitative estimate of drug-likeness (QED) is 0.281. The van der Waals surface area contributed by atoms with Crippen molar-refractivity contribution in [3.05, 3.63) is 115 Å². The monoisotopic (exact) mass is 636 g/mol. The van der Waals surface area contributed by atoms with E-state index in [1.807, 2.05) is 0 Å². The van der Waals surface area contributed by atoms with Gasteiger partial charge in [0.25, 0.3) is 0 Å². The van der Waals surface area contributed by atoms with Gasteiger partial charge in [-0.15, -0.1) is 0 Å². The molecule has 0 spiro atoms. The molecule has 2 heterocycles. The minimum atomic E-state index is -3.60. The first-order valence-corrected chi connectivity index (χ1v) is 19.5. The summed E-state index contributed by atoms with van der Waals surface area (Å²) in [6.07, 6.45) is -0.437. The molecule has 2 fully saturated rings. The first-order valence-electron chi connectivity index (χ1n) is 15.3. The second-order valence-electron chi connectivity index (χ2n) is 13.9. The van der Waals surface area contributed by atoms with E-state index in [9.17, 15) is 0 Å². The molecule has 6 heteroatoms. The molecule has 0 radical (unpaired) electrons. The number of hydrogen-bond donors (Lipinski definition) is 0. The Morgan fingerprint density at radius 2 is 0.930 bits per heavy atom. The van der Waals surface area contributed by atoms with Crippen LogP contribution >= 0.6 is 0 Å². The predicted molar refractivity (Wildman–Crippen MR) is 179 cm³/mol. The first-order chi connectivity index (χ1) is 20.3. The average molecular weight is 635 g/mol. The average Bonchev–Trinajstić information content (AvgIpc) is 3.34. The molecule has 0 N–H and O–H groups in total. The molecule has 43 heavy (non-hydrogen) atoms. The third-order valence-corrected chi connectivity index (χ3v) is 20.1. The van der Waals surface area contributed by atoms with Crippen molar-refractivity contribution in [3.63, 3.8) is 0 Å². The molecule has 0 aliphatic carbocycles. The second kappa shape index (κ2) is 10.7. The van der Waals surface area contributed by atoms with Gasteiger partial charge in [-0.1, -0.05) is 0 Å². The van der Waals surface area contributed by atoms with Crippen molar-refractivity contribution >= 4 is 43.4 Å². The SMILES string of the molecule is CC1(C)OB(c2ccc[c]([Ge]([c]3ccccc3)([c]3ccccc3)[c]3cccc(C4OC(C)(C)C(C)(C)O4)c3)c2)OC1(C)C. The molecule has 0 unspecified atom stereocenters. The second-order valence-corrected chi connectivity index (χ2v) is 21.9. The summed E-state index contributed by atoms with van der Waals surface area (Å²) in [4.78, 5) is 0. The summed E-state index contributed by atoms with van der Waals surface area (Å²) < 4.78 is 31.4. The molecule has 6 rings (SSSR count). The van der Waals surface area contributed by atoms with E-state index >= 15 is 0 Å².